The van der Waals surface area contributed by atoms with E-state index in [1.165, 1.54) is 6.20 Å². The fraction of sp³-hybridized carbons (Fsp3) is 0.227. The van der Waals surface area contributed by atoms with E-state index in [-0.39, 0.29) is 11.6 Å². The molecule has 0 bridgehead atoms. The largest absolute Gasteiger partial charge is 0.455 e. The van der Waals surface area contributed by atoms with Gasteiger partial charge < -0.3 is 19.9 Å². The van der Waals surface area contributed by atoms with Crippen LogP contribution in [0, 0.1) is 0 Å². The van der Waals surface area contributed by atoms with E-state index in [1.807, 2.05) is 48.5 Å². The van der Waals surface area contributed by atoms with Gasteiger partial charge in [-0.15, -0.1) is 0 Å². The van der Waals surface area contributed by atoms with Gasteiger partial charge in [0.1, 0.15) is 17.3 Å². The number of benzene rings is 2. The fourth-order valence-corrected chi connectivity index (χ4v) is 3.10. The normalized spacial score (nSPS) is 14.4. The minimum Gasteiger partial charge on any atom is -0.455 e. The van der Waals surface area contributed by atoms with Crippen LogP contribution in [0.3, 0.4) is 0 Å². The van der Waals surface area contributed by atoms with Gasteiger partial charge in [0, 0.05) is 26.2 Å². The van der Waals surface area contributed by atoms with Crippen LogP contribution in [0.2, 0.25) is 0 Å². The first-order chi connectivity index (χ1) is 14.2. The van der Waals surface area contributed by atoms with E-state index in [1.54, 1.807) is 12.3 Å². The molecule has 1 saturated heterocycles. The summed E-state index contributed by atoms with van der Waals surface area (Å²) in [5.41, 5.74) is 0.837. The molecule has 0 saturated carbocycles. The van der Waals surface area contributed by atoms with Crippen molar-refractivity contribution >= 4 is 17.4 Å². The second-order valence-electron chi connectivity index (χ2n) is 6.92. The highest BCUT2D eigenvalue weighted by atomic mass is 16.5. The third-order valence-electron chi connectivity index (χ3n) is 4.80. The van der Waals surface area contributed by atoms with E-state index in [2.05, 4.69) is 32.1 Å². The summed E-state index contributed by atoms with van der Waals surface area (Å²) in [5.74, 6) is 1.73. The van der Waals surface area contributed by atoms with Crippen LogP contribution >= 0.6 is 0 Å². The van der Waals surface area contributed by atoms with Crippen molar-refractivity contribution in [1.29, 1.82) is 0 Å². The molecular formula is C22H23N5O2. The van der Waals surface area contributed by atoms with Crippen molar-refractivity contribution in [3.63, 3.8) is 0 Å². The predicted molar refractivity (Wildman–Crippen MR) is 113 cm³/mol. The highest BCUT2D eigenvalue weighted by Crippen LogP contribution is 2.29. The van der Waals surface area contributed by atoms with Crippen LogP contribution in [-0.4, -0.2) is 54.0 Å². The van der Waals surface area contributed by atoms with Crippen molar-refractivity contribution in [1.82, 2.24) is 14.9 Å². The number of carbonyl (C=O) groups is 1. The number of nitrogens with zero attached hydrogens (tertiary/aromatic N) is 4. The summed E-state index contributed by atoms with van der Waals surface area (Å²) in [6, 6.07) is 16.7. The molecule has 148 valence electrons. The van der Waals surface area contributed by atoms with Crippen LogP contribution in [0.15, 0.2) is 67.0 Å². The molecule has 2 heterocycles. The summed E-state index contributed by atoms with van der Waals surface area (Å²) in [7, 11) is 2.11. The molecule has 0 spiro atoms. The van der Waals surface area contributed by atoms with Crippen molar-refractivity contribution < 1.29 is 9.53 Å². The highest BCUT2D eigenvalue weighted by molar-refractivity contribution is 6.03. The Morgan fingerprint density at radius 3 is 2.38 bits per heavy atom. The molecule has 1 aliphatic heterocycles. The molecule has 1 fully saturated rings. The lowest BCUT2D eigenvalue weighted by molar-refractivity contribution is 0.102. The molecule has 4 rings (SSSR count). The number of rotatable bonds is 5. The molecule has 7 nitrogen and oxygen atoms in total. The maximum absolute atomic E-state index is 12.7. The van der Waals surface area contributed by atoms with Gasteiger partial charge in [0.25, 0.3) is 5.91 Å². The number of nitrogens with one attached hydrogen (secondary N) is 1. The molecular weight excluding hydrogens is 366 g/mol. The Bertz CT molecular complexity index is 954. The Balaban J connectivity index is 1.44. The zero-order valence-electron chi connectivity index (χ0n) is 16.3. The standard InChI is InChI=1S/C22H23N5O2/c1-26-11-13-27(14-12-26)21-16-23-19(15-24-21)22(28)25-18-9-5-6-10-20(18)29-17-7-3-2-4-8-17/h2-10,15-16H,11-14H2,1H3,(H,25,28). The van der Waals surface area contributed by atoms with Gasteiger partial charge in [0.05, 0.1) is 18.1 Å². The molecule has 1 amide bonds. The molecule has 2 aromatic carbocycles. The Kier molecular flexibility index (Phi) is 5.67. The van der Waals surface area contributed by atoms with Gasteiger partial charge in [-0.05, 0) is 31.3 Å². The Labute approximate surface area is 170 Å². The number of anilines is 2. The number of para-hydroxylation sites is 3. The summed E-state index contributed by atoms with van der Waals surface area (Å²) in [5, 5.41) is 2.87. The Morgan fingerprint density at radius 1 is 0.931 bits per heavy atom. The van der Waals surface area contributed by atoms with Gasteiger partial charge in [-0.1, -0.05) is 30.3 Å². The number of ether oxygens (including phenoxy) is 1. The summed E-state index contributed by atoms with van der Waals surface area (Å²) in [4.78, 5) is 25.9. The van der Waals surface area contributed by atoms with E-state index in [0.717, 1.165) is 32.0 Å². The second kappa shape index (κ2) is 8.70. The maximum atomic E-state index is 12.7. The zero-order chi connectivity index (χ0) is 20.1. The van der Waals surface area contributed by atoms with E-state index in [4.69, 9.17) is 4.74 Å². The highest BCUT2D eigenvalue weighted by Gasteiger charge is 2.17. The van der Waals surface area contributed by atoms with Crippen LogP contribution < -0.4 is 15.0 Å². The average Bonchev–Trinajstić information content (AvgIpc) is 2.76. The average molecular weight is 389 g/mol. The predicted octanol–water partition coefficient (Wildman–Crippen LogP) is 3.27. The van der Waals surface area contributed by atoms with Gasteiger partial charge >= 0.3 is 0 Å². The molecule has 0 aliphatic carbocycles. The molecule has 1 aliphatic rings. The number of likely N-dealkylation sites (N-methyl/N-ethyl adjacent to an activating group) is 1. The molecule has 0 unspecified atom stereocenters. The number of carbonyl (C=O) groups excluding carboxylic acids is 1. The maximum Gasteiger partial charge on any atom is 0.275 e. The molecule has 3 aromatic rings. The fourth-order valence-electron chi connectivity index (χ4n) is 3.10. The van der Waals surface area contributed by atoms with Crippen LogP contribution in [0.5, 0.6) is 11.5 Å². The van der Waals surface area contributed by atoms with Crippen molar-refractivity contribution in [2.45, 2.75) is 0 Å². The number of aromatic nitrogens is 2. The second-order valence-corrected chi connectivity index (χ2v) is 6.92. The van der Waals surface area contributed by atoms with Gasteiger partial charge in [-0.2, -0.15) is 0 Å². The number of amides is 1. The number of piperazine rings is 1. The van der Waals surface area contributed by atoms with Crippen molar-refractivity contribution in [3.05, 3.63) is 72.7 Å². The van der Waals surface area contributed by atoms with Crippen LogP contribution in [0.25, 0.3) is 0 Å². The van der Waals surface area contributed by atoms with Gasteiger partial charge in [0.2, 0.25) is 0 Å². The Morgan fingerprint density at radius 2 is 1.66 bits per heavy atom. The summed E-state index contributed by atoms with van der Waals surface area (Å²) < 4.78 is 5.89. The third-order valence-corrected chi connectivity index (χ3v) is 4.80. The SMILES string of the molecule is CN1CCN(c2cnc(C(=O)Nc3ccccc3Oc3ccccc3)cn2)CC1. The lowest BCUT2D eigenvalue weighted by Gasteiger charge is -2.32. The van der Waals surface area contributed by atoms with Crippen LogP contribution in [0.4, 0.5) is 11.5 Å². The van der Waals surface area contributed by atoms with Crippen molar-refractivity contribution in [2.75, 3.05) is 43.4 Å². The van der Waals surface area contributed by atoms with E-state index >= 15 is 0 Å². The molecule has 0 radical (unpaired) electrons. The van der Waals surface area contributed by atoms with Crippen LogP contribution in [0.1, 0.15) is 10.5 Å². The number of hydrogen-bond acceptors (Lipinski definition) is 6. The molecule has 1 N–H and O–H groups in total. The van der Waals surface area contributed by atoms with E-state index in [0.29, 0.717) is 17.2 Å². The topological polar surface area (TPSA) is 70.6 Å². The van der Waals surface area contributed by atoms with E-state index in [9.17, 15) is 4.79 Å². The first kappa shape index (κ1) is 18.9. The number of hydrogen-bond donors (Lipinski definition) is 1. The summed E-state index contributed by atoms with van der Waals surface area (Å²) in [6.45, 7) is 3.78. The molecule has 7 heteroatoms. The minimum absolute atomic E-state index is 0.261. The van der Waals surface area contributed by atoms with Crippen molar-refractivity contribution in [3.8, 4) is 11.5 Å². The van der Waals surface area contributed by atoms with Gasteiger partial charge in [0.15, 0.2) is 5.75 Å². The van der Waals surface area contributed by atoms with Gasteiger partial charge in [-0.3, -0.25) is 4.79 Å². The quantitative estimate of drug-likeness (QED) is 0.722. The lowest BCUT2D eigenvalue weighted by Crippen LogP contribution is -2.44. The monoisotopic (exact) mass is 389 g/mol. The lowest BCUT2D eigenvalue weighted by atomic mass is 10.2. The smallest absolute Gasteiger partial charge is 0.275 e. The molecule has 29 heavy (non-hydrogen) atoms. The zero-order valence-corrected chi connectivity index (χ0v) is 16.3. The Hall–Kier alpha value is -3.45. The third kappa shape index (κ3) is 4.70. The van der Waals surface area contributed by atoms with E-state index < -0.39 is 0 Å². The van der Waals surface area contributed by atoms with Crippen LogP contribution in [-0.2, 0) is 0 Å². The first-order valence-corrected chi connectivity index (χ1v) is 9.58. The minimum atomic E-state index is -0.327. The summed E-state index contributed by atoms with van der Waals surface area (Å²) in [6.07, 6.45) is 3.18. The summed E-state index contributed by atoms with van der Waals surface area (Å²) >= 11 is 0. The van der Waals surface area contributed by atoms with Gasteiger partial charge in [-0.25, -0.2) is 9.97 Å². The molecule has 0 atom stereocenters. The first-order valence-electron chi connectivity index (χ1n) is 9.58. The van der Waals surface area contributed by atoms with Crippen molar-refractivity contribution in [2.24, 2.45) is 0 Å². The molecule has 1 aromatic heterocycles.